The molecular formula is C11H13FTi. The fourth-order valence-electron chi connectivity index (χ4n) is 1.29. The van der Waals surface area contributed by atoms with E-state index in [2.05, 4.69) is 36.5 Å². The number of hydrogen-bond acceptors (Lipinski definition) is 0. The Morgan fingerprint density at radius 2 is 1.46 bits per heavy atom. The van der Waals surface area contributed by atoms with E-state index >= 15 is 0 Å². The zero-order valence-electron chi connectivity index (χ0n) is 7.76. The molecule has 13 heavy (non-hydrogen) atoms. The van der Waals surface area contributed by atoms with Crippen molar-refractivity contribution in [3.8, 4) is 0 Å². The average Bonchev–Trinajstić information content (AvgIpc) is 2.81. The maximum atomic E-state index is 9.50. The molecule has 0 fully saturated rings. The van der Waals surface area contributed by atoms with Gasteiger partial charge in [0.2, 0.25) is 0 Å². The number of allylic oxidation sites excluding steroid dienone is 8. The molecule has 0 aromatic heterocycles. The molecule has 0 amide bonds. The quantitative estimate of drug-likeness (QED) is 0.615. The zero-order valence-corrected chi connectivity index (χ0v) is 9.32. The van der Waals surface area contributed by atoms with Crippen molar-refractivity contribution in [1.29, 1.82) is 0 Å². The van der Waals surface area contributed by atoms with E-state index < -0.39 is 0 Å². The predicted molar refractivity (Wildman–Crippen MR) is 50.7 cm³/mol. The summed E-state index contributed by atoms with van der Waals surface area (Å²) in [5, 5.41) is 0. The van der Waals surface area contributed by atoms with E-state index in [4.69, 9.17) is 0 Å². The molecule has 0 bridgehead atoms. The molecule has 2 aliphatic carbocycles. The van der Waals surface area contributed by atoms with Crippen LogP contribution in [-0.2, 0) is 19.2 Å². The Morgan fingerprint density at radius 3 is 1.77 bits per heavy atom. The molecule has 0 N–H and O–H groups in total. The van der Waals surface area contributed by atoms with Crippen LogP contribution in [0, 0.1) is 0 Å². The van der Waals surface area contributed by atoms with E-state index in [9.17, 15) is 4.39 Å². The SMILES string of the molecule is C1=CC[C]([Ti][C]2=CC=CC2)=C1.CF. The van der Waals surface area contributed by atoms with Gasteiger partial charge in [-0.05, 0) is 0 Å². The summed E-state index contributed by atoms with van der Waals surface area (Å²) in [7, 11) is 0.500. The van der Waals surface area contributed by atoms with Gasteiger partial charge < -0.3 is 0 Å². The normalized spacial score (nSPS) is 17.7. The van der Waals surface area contributed by atoms with Crippen molar-refractivity contribution in [3.63, 3.8) is 0 Å². The topological polar surface area (TPSA) is 0 Å². The summed E-state index contributed by atoms with van der Waals surface area (Å²) < 4.78 is 12.9. The van der Waals surface area contributed by atoms with E-state index in [1.807, 2.05) is 0 Å². The fraction of sp³-hybridized carbons (Fsp3) is 0.273. The van der Waals surface area contributed by atoms with Crippen LogP contribution >= 0.6 is 0 Å². The largest absolute Gasteiger partial charge is 0.255 e. The molecule has 0 aromatic carbocycles. The number of halogens is 1. The summed E-state index contributed by atoms with van der Waals surface area (Å²) in [6.45, 7) is 0. The maximum absolute atomic E-state index is 9.50. The molecule has 2 heteroatoms. The molecule has 0 heterocycles. The van der Waals surface area contributed by atoms with E-state index in [1.54, 1.807) is 7.76 Å². The zero-order chi connectivity index (χ0) is 9.52. The Bertz CT molecular complexity index is 244. The summed E-state index contributed by atoms with van der Waals surface area (Å²) in [6.07, 6.45) is 15.9. The van der Waals surface area contributed by atoms with Crippen LogP contribution < -0.4 is 0 Å². The molecule has 2 aliphatic rings. The Labute approximate surface area is 87.8 Å². The van der Waals surface area contributed by atoms with Crippen LogP contribution in [0.15, 0.2) is 44.2 Å². The maximum Gasteiger partial charge on any atom is 0.0785 e. The van der Waals surface area contributed by atoms with E-state index in [-0.39, 0.29) is 19.2 Å². The van der Waals surface area contributed by atoms with Gasteiger partial charge in [-0.1, -0.05) is 0 Å². The Hall–Kier alpha value is -0.396. The third kappa shape index (κ3) is 3.45. The van der Waals surface area contributed by atoms with Crippen LogP contribution in [0.5, 0.6) is 0 Å². The van der Waals surface area contributed by atoms with Crippen LogP contribution in [0.4, 0.5) is 4.39 Å². The van der Waals surface area contributed by atoms with Gasteiger partial charge in [0, 0.05) is 0 Å². The van der Waals surface area contributed by atoms with Gasteiger partial charge in [0.1, 0.15) is 0 Å². The first-order valence-electron chi connectivity index (χ1n) is 4.31. The molecule has 0 aliphatic heterocycles. The number of alkyl halides is 1. The molecule has 0 radical (unpaired) electrons. The third-order valence-electron chi connectivity index (χ3n) is 1.86. The van der Waals surface area contributed by atoms with Crippen LogP contribution in [0.3, 0.4) is 0 Å². The van der Waals surface area contributed by atoms with Crippen LogP contribution in [0.1, 0.15) is 12.8 Å². The van der Waals surface area contributed by atoms with Gasteiger partial charge in [-0.2, -0.15) is 0 Å². The van der Waals surface area contributed by atoms with Gasteiger partial charge in [0.15, 0.2) is 0 Å². The average molecular weight is 212 g/mol. The molecule has 68 valence electrons. The summed E-state index contributed by atoms with van der Waals surface area (Å²) in [6, 6.07) is 0. The Balaban J connectivity index is 0.000000396. The van der Waals surface area contributed by atoms with Gasteiger partial charge in [-0.3, -0.25) is 4.39 Å². The second kappa shape index (κ2) is 6.12. The van der Waals surface area contributed by atoms with Gasteiger partial charge >= 0.3 is 76.2 Å². The minimum absolute atomic E-state index is 0.0833. The van der Waals surface area contributed by atoms with Crippen LogP contribution in [0.2, 0.25) is 0 Å². The van der Waals surface area contributed by atoms with Crippen molar-refractivity contribution >= 4 is 0 Å². The standard InChI is InChI=1S/2C5H5.CH3F.Ti/c2*1-2-4-5-3-1;1-2;/h2*1-3H,4H2;1H3;. The molecule has 0 unspecified atom stereocenters. The Morgan fingerprint density at radius 1 is 1.00 bits per heavy atom. The molecule has 0 spiro atoms. The van der Waals surface area contributed by atoms with E-state index in [0.717, 1.165) is 0 Å². The predicted octanol–water partition coefficient (Wildman–Crippen LogP) is 3.34. The van der Waals surface area contributed by atoms with Crippen LogP contribution in [0.25, 0.3) is 0 Å². The minimum atomic E-state index is 0.0833. The Kier molecular flexibility index (Phi) is 5.03. The van der Waals surface area contributed by atoms with Crippen molar-refractivity contribution in [2.45, 2.75) is 12.8 Å². The van der Waals surface area contributed by atoms with Crippen molar-refractivity contribution in [1.82, 2.24) is 0 Å². The first-order valence-corrected chi connectivity index (χ1v) is 5.87. The van der Waals surface area contributed by atoms with E-state index in [1.165, 1.54) is 12.8 Å². The summed E-state index contributed by atoms with van der Waals surface area (Å²) in [4.78, 5) is 0. The monoisotopic (exact) mass is 212 g/mol. The van der Waals surface area contributed by atoms with Crippen molar-refractivity contribution in [2.24, 2.45) is 0 Å². The first kappa shape index (κ1) is 10.7. The van der Waals surface area contributed by atoms with Crippen molar-refractivity contribution in [2.75, 3.05) is 7.18 Å². The second-order valence-corrected chi connectivity index (χ2v) is 5.17. The van der Waals surface area contributed by atoms with Gasteiger partial charge in [-0.15, -0.1) is 0 Å². The first-order chi connectivity index (χ1) is 6.45. The minimum Gasteiger partial charge on any atom is -0.255 e. The second-order valence-electron chi connectivity index (χ2n) is 2.77. The number of hydrogen-bond donors (Lipinski definition) is 0. The molecule has 0 aromatic rings. The molecule has 0 saturated heterocycles. The van der Waals surface area contributed by atoms with E-state index in [0.29, 0.717) is 7.18 Å². The van der Waals surface area contributed by atoms with Crippen LogP contribution in [-0.4, -0.2) is 7.18 Å². The summed E-state index contributed by atoms with van der Waals surface area (Å²) >= 11 is 0.0833. The number of rotatable bonds is 2. The van der Waals surface area contributed by atoms with Gasteiger partial charge in [0.25, 0.3) is 0 Å². The smallest absolute Gasteiger partial charge is 0.0785 e. The summed E-state index contributed by atoms with van der Waals surface area (Å²) in [5.74, 6) is 0. The molecule has 2 rings (SSSR count). The third-order valence-corrected chi connectivity index (χ3v) is 4.02. The van der Waals surface area contributed by atoms with Gasteiger partial charge in [-0.25, -0.2) is 0 Å². The van der Waals surface area contributed by atoms with Crippen molar-refractivity contribution < 1.29 is 23.5 Å². The molecule has 0 saturated carbocycles. The molecule has 0 nitrogen and oxygen atoms in total. The summed E-state index contributed by atoms with van der Waals surface area (Å²) in [5.41, 5.74) is 0. The van der Waals surface area contributed by atoms with Gasteiger partial charge in [0.05, 0.1) is 7.18 Å². The molecule has 0 atom stereocenters. The molecular weight excluding hydrogens is 199 g/mol. The van der Waals surface area contributed by atoms with Crippen molar-refractivity contribution in [3.05, 3.63) is 44.2 Å². The fourth-order valence-corrected chi connectivity index (χ4v) is 3.18.